The zero-order valence-electron chi connectivity index (χ0n) is 25.2. The van der Waals surface area contributed by atoms with Crippen LogP contribution in [0.2, 0.25) is 0 Å². The minimum atomic E-state index is 0.0289. The van der Waals surface area contributed by atoms with Crippen LogP contribution in [0.3, 0.4) is 0 Å². The molecule has 0 aromatic heterocycles. The smallest absolute Gasteiger partial charge is 0.127 e. The highest BCUT2D eigenvalue weighted by atomic mass is 16.6. The molecule has 0 saturated carbocycles. The Morgan fingerprint density at radius 2 is 1.12 bits per heavy atom. The highest BCUT2D eigenvalue weighted by Crippen LogP contribution is 2.12. The van der Waals surface area contributed by atoms with Gasteiger partial charge in [-0.1, -0.05) is 67.6 Å². The van der Waals surface area contributed by atoms with Gasteiger partial charge in [-0.3, -0.25) is 0 Å². The van der Waals surface area contributed by atoms with Gasteiger partial charge < -0.3 is 43.1 Å². The Morgan fingerprint density at radius 1 is 0.683 bits per heavy atom. The summed E-state index contributed by atoms with van der Waals surface area (Å²) in [7, 11) is 3.29. The first-order chi connectivity index (χ1) is 20.1. The Bertz CT molecular complexity index is 824. The van der Waals surface area contributed by atoms with E-state index in [0.717, 1.165) is 17.4 Å². The van der Waals surface area contributed by atoms with Crippen molar-refractivity contribution in [2.24, 2.45) is 0 Å². The van der Waals surface area contributed by atoms with Crippen LogP contribution < -0.4 is 0 Å². The van der Waals surface area contributed by atoms with Crippen molar-refractivity contribution in [2.75, 3.05) is 93.5 Å². The number of hydrogen-bond acceptors (Lipinski definition) is 9. The predicted molar refractivity (Wildman–Crippen MR) is 161 cm³/mol. The number of allylic oxidation sites excluding steroid dienone is 1. The molecule has 1 N–H and O–H groups in total. The van der Waals surface area contributed by atoms with Gasteiger partial charge >= 0.3 is 0 Å². The normalized spacial score (nSPS) is 11.5. The molecule has 0 saturated heterocycles. The molecule has 0 aliphatic heterocycles. The van der Waals surface area contributed by atoms with E-state index < -0.39 is 0 Å². The summed E-state index contributed by atoms with van der Waals surface area (Å²) >= 11 is 0. The topological polar surface area (TPSA) is 102 Å². The van der Waals surface area contributed by atoms with Crippen molar-refractivity contribution in [3.05, 3.63) is 78.1 Å². The third-order valence-corrected chi connectivity index (χ3v) is 5.21. The monoisotopic (exact) mass is 578 g/mol. The number of carbonyl (C=O) groups excluding carboxylic acids is 1. The van der Waals surface area contributed by atoms with Crippen molar-refractivity contribution in [3.8, 4) is 0 Å². The molecule has 9 nitrogen and oxygen atoms in total. The lowest BCUT2D eigenvalue weighted by molar-refractivity contribution is -0.108. The Hall–Kier alpha value is -2.63. The summed E-state index contributed by atoms with van der Waals surface area (Å²) in [6.45, 7) is 10.2. The number of benzene rings is 2. The van der Waals surface area contributed by atoms with Gasteiger partial charge in [0.05, 0.1) is 78.9 Å². The number of aliphatic hydroxyl groups excluding tert-OH is 1. The first-order valence-corrected chi connectivity index (χ1v) is 13.8. The average Bonchev–Trinajstić information content (AvgIpc) is 3.02. The maximum atomic E-state index is 10.3. The van der Waals surface area contributed by atoms with E-state index in [1.54, 1.807) is 20.5 Å². The second kappa shape index (κ2) is 30.3. The maximum Gasteiger partial charge on any atom is 0.127 e. The molecule has 232 valence electrons. The second-order valence-corrected chi connectivity index (χ2v) is 8.53. The molecule has 0 heterocycles. The van der Waals surface area contributed by atoms with Crippen LogP contribution in [0.5, 0.6) is 0 Å². The van der Waals surface area contributed by atoms with Gasteiger partial charge in [0.1, 0.15) is 12.9 Å². The van der Waals surface area contributed by atoms with Gasteiger partial charge in [-0.05, 0) is 23.6 Å². The zero-order chi connectivity index (χ0) is 30.2. The fourth-order valence-electron chi connectivity index (χ4n) is 2.89. The maximum absolute atomic E-state index is 10.3. The van der Waals surface area contributed by atoms with E-state index in [0.29, 0.717) is 72.7 Å². The van der Waals surface area contributed by atoms with Crippen molar-refractivity contribution in [1.29, 1.82) is 0 Å². The molecule has 2 rings (SSSR count). The summed E-state index contributed by atoms with van der Waals surface area (Å²) in [6, 6.07) is 19.9. The minimum absolute atomic E-state index is 0.0289. The van der Waals surface area contributed by atoms with Crippen molar-refractivity contribution in [1.82, 2.24) is 0 Å². The van der Waals surface area contributed by atoms with Gasteiger partial charge in [0.2, 0.25) is 0 Å². The lowest BCUT2D eigenvalue weighted by Gasteiger charge is -2.06. The summed E-state index contributed by atoms with van der Waals surface area (Å²) in [5, 5.41) is 8.32. The van der Waals surface area contributed by atoms with Crippen LogP contribution in [-0.2, 0) is 38.0 Å². The van der Waals surface area contributed by atoms with Crippen LogP contribution in [0.1, 0.15) is 30.9 Å². The highest BCUT2D eigenvalue weighted by Gasteiger charge is 2.00. The molecular formula is C32H50O9. The summed E-state index contributed by atoms with van der Waals surface area (Å²) < 4.78 is 35.8. The molecule has 0 radical (unpaired) electrons. The predicted octanol–water partition coefficient (Wildman–Crippen LogP) is 4.39. The Morgan fingerprint density at radius 3 is 1.59 bits per heavy atom. The van der Waals surface area contributed by atoms with Crippen LogP contribution in [0.4, 0.5) is 0 Å². The molecule has 1 atom stereocenters. The van der Waals surface area contributed by atoms with E-state index in [1.165, 1.54) is 5.56 Å². The van der Waals surface area contributed by atoms with Crippen molar-refractivity contribution >= 4 is 11.9 Å². The van der Waals surface area contributed by atoms with Crippen molar-refractivity contribution < 1.29 is 43.1 Å². The highest BCUT2D eigenvalue weighted by molar-refractivity contribution is 5.62. The number of hydrogen-bond donors (Lipinski definition) is 1. The third-order valence-electron chi connectivity index (χ3n) is 5.21. The average molecular weight is 579 g/mol. The third kappa shape index (κ3) is 24.9. The Balaban J connectivity index is 0.000000643. The Kier molecular flexibility index (Phi) is 28.4. The number of methoxy groups -OCH3 is 2. The van der Waals surface area contributed by atoms with Gasteiger partial charge in [0.15, 0.2) is 0 Å². The Labute approximate surface area is 246 Å². The standard InChI is InChI=1S/C16H24O4.C9H10O.C7H16O4/c1-15(16-6-4-3-5-7-16)14-20-13-12-19-11-10-18-9-8-17-2;1-8(7-10)9-5-3-2-4-6-9;1-9-4-5-11-7-6-10-3-2-8/h3-7,14H,8-13H2,1-2H3;2-8H,1H3;8H,2-7H2,1H3. The molecule has 0 aliphatic carbocycles. The molecule has 0 amide bonds. The van der Waals surface area contributed by atoms with E-state index in [9.17, 15) is 4.79 Å². The van der Waals surface area contributed by atoms with E-state index in [2.05, 4.69) is 12.1 Å². The minimum Gasteiger partial charge on any atom is -0.498 e. The lowest BCUT2D eigenvalue weighted by atomic mass is 10.0. The van der Waals surface area contributed by atoms with Gasteiger partial charge in [-0.15, -0.1) is 0 Å². The number of aldehydes is 1. The molecule has 0 spiro atoms. The van der Waals surface area contributed by atoms with E-state index in [4.69, 9.17) is 38.3 Å². The number of ether oxygens (including phenoxy) is 7. The quantitative estimate of drug-likeness (QED) is 0.131. The SMILES string of the molecule is CC(C=O)c1ccccc1.COCCOCCOCCO.COCCOCCOCCOC=C(C)c1ccccc1. The van der Waals surface area contributed by atoms with Gasteiger partial charge in [-0.2, -0.15) is 0 Å². The summed E-state index contributed by atoms with van der Waals surface area (Å²) in [6.07, 6.45) is 2.73. The fourth-order valence-corrected chi connectivity index (χ4v) is 2.89. The second-order valence-electron chi connectivity index (χ2n) is 8.53. The van der Waals surface area contributed by atoms with Gasteiger partial charge in [-0.25, -0.2) is 0 Å². The lowest BCUT2D eigenvalue weighted by Crippen LogP contribution is -2.10. The molecule has 0 fully saturated rings. The molecule has 0 aliphatic rings. The number of aliphatic hydroxyl groups is 1. The molecule has 0 bridgehead atoms. The van der Waals surface area contributed by atoms with E-state index in [-0.39, 0.29) is 12.5 Å². The van der Waals surface area contributed by atoms with Crippen LogP contribution in [-0.4, -0.2) is 105 Å². The van der Waals surface area contributed by atoms with E-state index in [1.807, 2.05) is 62.4 Å². The first kappa shape index (κ1) is 38.4. The van der Waals surface area contributed by atoms with Crippen LogP contribution >= 0.6 is 0 Å². The molecule has 2 aromatic rings. The molecule has 9 heteroatoms. The van der Waals surface area contributed by atoms with Gasteiger partial charge in [0, 0.05) is 20.1 Å². The van der Waals surface area contributed by atoms with Gasteiger partial charge in [0.25, 0.3) is 0 Å². The van der Waals surface area contributed by atoms with Crippen LogP contribution in [0.15, 0.2) is 66.9 Å². The number of carbonyl (C=O) groups is 1. The summed E-state index contributed by atoms with van der Waals surface area (Å²) in [4.78, 5) is 10.3. The number of rotatable bonds is 21. The van der Waals surface area contributed by atoms with Crippen LogP contribution in [0.25, 0.3) is 5.57 Å². The van der Waals surface area contributed by atoms with Crippen LogP contribution in [0, 0.1) is 0 Å². The molecule has 41 heavy (non-hydrogen) atoms. The molecule has 2 aromatic carbocycles. The summed E-state index contributed by atoms with van der Waals surface area (Å²) in [5.41, 5.74) is 3.35. The van der Waals surface area contributed by atoms with E-state index >= 15 is 0 Å². The summed E-state index contributed by atoms with van der Waals surface area (Å²) in [5.74, 6) is 0.0289. The van der Waals surface area contributed by atoms with Crippen molar-refractivity contribution in [2.45, 2.75) is 19.8 Å². The zero-order valence-corrected chi connectivity index (χ0v) is 25.2. The van der Waals surface area contributed by atoms with Crippen molar-refractivity contribution in [3.63, 3.8) is 0 Å². The first-order valence-electron chi connectivity index (χ1n) is 13.8. The molecular weight excluding hydrogens is 528 g/mol. The fraction of sp³-hybridized carbons (Fsp3) is 0.531. The largest absolute Gasteiger partial charge is 0.498 e. The molecule has 1 unspecified atom stereocenters.